The molecule has 0 spiro atoms. The first-order chi connectivity index (χ1) is 11.2. The average molecular weight is 307 g/mol. The van der Waals surface area contributed by atoms with Crippen LogP contribution in [0.15, 0.2) is 60.7 Å². The van der Waals surface area contributed by atoms with Gasteiger partial charge in [-0.1, -0.05) is 48.5 Å². The standard InChI is InChI=1S/C20H25N3/c21-20(15-19(20)17-7-3-1-4-8-17)16-22-11-13-23(14-12-22)18-9-5-2-6-10-18/h1-10,19H,11-16,21H2. The third-order valence-electron chi connectivity index (χ3n) is 5.33. The SMILES string of the molecule is NC1(CN2CCN(c3ccccc3)CC2)CC1c1ccccc1. The van der Waals surface area contributed by atoms with Crippen molar-refractivity contribution in [3.63, 3.8) is 0 Å². The predicted molar refractivity (Wildman–Crippen MR) is 95.8 cm³/mol. The summed E-state index contributed by atoms with van der Waals surface area (Å²) in [5.74, 6) is 0.538. The Bertz CT molecular complexity index is 634. The van der Waals surface area contributed by atoms with Crippen LogP contribution in [0.4, 0.5) is 5.69 Å². The fraction of sp³-hybridized carbons (Fsp3) is 0.400. The van der Waals surface area contributed by atoms with Crippen molar-refractivity contribution in [2.75, 3.05) is 37.6 Å². The number of para-hydroxylation sites is 1. The zero-order valence-corrected chi connectivity index (χ0v) is 13.6. The lowest BCUT2D eigenvalue weighted by Crippen LogP contribution is -2.51. The van der Waals surface area contributed by atoms with Gasteiger partial charge in [0.05, 0.1) is 0 Å². The van der Waals surface area contributed by atoms with Gasteiger partial charge in [-0.25, -0.2) is 0 Å². The van der Waals surface area contributed by atoms with Crippen LogP contribution in [0, 0.1) is 0 Å². The molecule has 0 aromatic heterocycles. The molecule has 2 N–H and O–H groups in total. The van der Waals surface area contributed by atoms with E-state index in [1.807, 2.05) is 0 Å². The molecule has 0 radical (unpaired) electrons. The average Bonchev–Trinajstić information content (AvgIpc) is 3.28. The fourth-order valence-corrected chi connectivity index (χ4v) is 3.85. The van der Waals surface area contributed by atoms with E-state index in [1.165, 1.54) is 11.3 Å². The van der Waals surface area contributed by atoms with Crippen LogP contribution in [0.3, 0.4) is 0 Å². The van der Waals surface area contributed by atoms with Crippen LogP contribution in [0.1, 0.15) is 17.9 Å². The highest BCUT2D eigenvalue weighted by molar-refractivity contribution is 5.46. The van der Waals surface area contributed by atoms with Gasteiger partial charge in [0, 0.05) is 49.9 Å². The van der Waals surface area contributed by atoms with Gasteiger partial charge in [-0.3, -0.25) is 4.90 Å². The predicted octanol–water partition coefficient (Wildman–Crippen LogP) is 2.69. The summed E-state index contributed by atoms with van der Waals surface area (Å²) in [6.07, 6.45) is 1.12. The molecule has 3 nitrogen and oxygen atoms in total. The lowest BCUT2D eigenvalue weighted by molar-refractivity contribution is 0.234. The molecule has 0 amide bonds. The Morgan fingerprint density at radius 1 is 0.870 bits per heavy atom. The Morgan fingerprint density at radius 2 is 1.48 bits per heavy atom. The maximum absolute atomic E-state index is 6.64. The van der Waals surface area contributed by atoms with Crippen LogP contribution in [0.2, 0.25) is 0 Å². The number of nitrogens with zero attached hydrogens (tertiary/aromatic N) is 2. The largest absolute Gasteiger partial charge is 0.369 e. The van der Waals surface area contributed by atoms with Crippen molar-refractivity contribution in [2.24, 2.45) is 5.73 Å². The van der Waals surface area contributed by atoms with Gasteiger partial charge >= 0.3 is 0 Å². The van der Waals surface area contributed by atoms with E-state index in [2.05, 4.69) is 70.5 Å². The quantitative estimate of drug-likeness (QED) is 0.942. The minimum atomic E-state index is -0.0176. The molecule has 3 heteroatoms. The minimum Gasteiger partial charge on any atom is -0.369 e. The van der Waals surface area contributed by atoms with Crippen LogP contribution >= 0.6 is 0 Å². The monoisotopic (exact) mass is 307 g/mol. The highest BCUT2D eigenvalue weighted by atomic mass is 15.3. The molecule has 1 aliphatic carbocycles. The minimum absolute atomic E-state index is 0.0176. The molecule has 1 saturated heterocycles. The molecule has 2 unspecified atom stereocenters. The van der Waals surface area contributed by atoms with Crippen LogP contribution in [-0.2, 0) is 0 Å². The summed E-state index contributed by atoms with van der Waals surface area (Å²) < 4.78 is 0. The maximum Gasteiger partial charge on any atom is 0.0367 e. The lowest BCUT2D eigenvalue weighted by atomic mass is 10.1. The van der Waals surface area contributed by atoms with Gasteiger partial charge in [0.25, 0.3) is 0 Å². The Labute approximate surface area is 138 Å². The molecule has 2 fully saturated rings. The molecule has 2 aromatic carbocycles. The third kappa shape index (κ3) is 3.12. The zero-order valence-electron chi connectivity index (χ0n) is 13.6. The molecule has 0 bridgehead atoms. The van der Waals surface area contributed by atoms with Crippen molar-refractivity contribution < 1.29 is 0 Å². The Morgan fingerprint density at radius 3 is 2.13 bits per heavy atom. The van der Waals surface area contributed by atoms with Crippen molar-refractivity contribution in [3.8, 4) is 0 Å². The summed E-state index contributed by atoms with van der Waals surface area (Å²) in [4.78, 5) is 5.02. The molecule has 2 aliphatic rings. The van der Waals surface area contributed by atoms with E-state index in [4.69, 9.17) is 5.73 Å². The molecule has 120 valence electrons. The first-order valence-corrected chi connectivity index (χ1v) is 8.61. The second-order valence-electron chi connectivity index (χ2n) is 7.00. The van der Waals surface area contributed by atoms with Gasteiger partial charge < -0.3 is 10.6 Å². The first kappa shape index (κ1) is 14.7. The van der Waals surface area contributed by atoms with E-state index in [0.29, 0.717) is 5.92 Å². The van der Waals surface area contributed by atoms with Gasteiger partial charge in [0.1, 0.15) is 0 Å². The number of hydrogen-bond acceptors (Lipinski definition) is 3. The molecule has 4 rings (SSSR count). The molecular formula is C20H25N3. The Hall–Kier alpha value is -1.84. The molecule has 2 aromatic rings. The van der Waals surface area contributed by atoms with E-state index >= 15 is 0 Å². The summed E-state index contributed by atoms with van der Waals surface area (Å²) in [6, 6.07) is 21.5. The number of hydrogen-bond donors (Lipinski definition) is 1. The molecule has 23 heavy (non-hydrogen) atoms. The topological polar surface area (TPSA) is 32.5 Å². The van der Waals surface area contributed by atoms with Gasteiger partial charge in [-0.15, -0.1) is 0 Å². The fourth-order valence-electron chi connectivity index (χ4n) is 3.85. The van der Waals surface area contributed by atoms with Gasteiger partial charge in [-0.05, 0) is 24.1 Å². The van der Waals surface area contributed by atoms with E-state index in [0.717, 1.165) is 39.1 Å². The number of anilines is 1. The number of piperazine rings is 1. The van der Waals surface area contributed by atoms with Gasteiger partial charge in [-0.2, -0.15) is 0 Å². The molecule has 2 atom stereocenters. The summed E-state index contributed by atoms with van der Waals surface area (Å²) >= 11 is 0. The number of nitrogens with two attached hydrogens (primary N) is 1. The van der Waals surface area contributed by atoms with E-state index in [-0.39, 0.29) is 5.54 Å². The Kier molecular flexibility index (Phi) is 3.83. The summed E-state index contributed by atoms with van der Waals surface area (Å²) in [7, 11) is 0. The number of benzene rings is 2. The normalized spacial score (nSPS) is 27.9. The zero-order chi connectivity index (χ0) is 15.7. The summed E-state index contributed by atoms with van der Waals surface area (Å²) in [6.45, 7) is 5.42. The van der Waals surface area contributed by atoms with Crippen molar-refractivity contribution in [1.29, 1.82) is 0 Å². The van der Waals surface area contributed by atoms with Crippen LogP contribution in [0.25, 0.3) is 0 Å². The smallest absolute Gasteiger partial charge is 0.0367 e. The van der Waals surface area contributed by atoms with Crippen molar-refractivity contribution in [2.45, 2.75) is 17.9 Å². The van der Waals surface area contributed by atoms with Crippen LogP contribution < -0.4 is 10.6 Å². The molecule has 1 saturated carbocycles. The molecule has 1 heterocycles. The Balaban J connectivity index is 1.32. The summed E-state index contributed by atoms with van der Waals surface area (Å²) in [5.41, 5.74) is 9.36. The van der Waals surface area contributed by atoms with E-state index in [1.54, 1.807) is 0 Å². The van der Waals surface area contributed by atoms with E-state index in [9.17, 15) is 0 Å². The highest BCUT2D eigenvalue weighted by Gasteiger charge is 2.52. The lowest BCUT2D eigenvalue weighted by Gasteiger charge is -2.37. The highest BCUT2D eigenvalue weighted by Crippen LogP contribution is 2.49. The second-order valence-corrected chi connectivity index (χ2v) is 7.00. The third-order valence-corrected chi connectivity index (χ3v) is 5.33. The molecular weight excluding hydrogens is 282 g/mol. The van der Waals surface area contributed by atoms with Crippen molar-refractivity contribution in [1.82, 2.24) is 4.90 Å². The van der Waals surface area contributed by atoms with E-state index < -0.39 is 0 Å². The van der Waals surface area contributed by atoms with Gasteiger partial charge in [0.15, 0.2) is 0 Å². The second kappa shape index (κ2) is 5.99. The van der Waals surface area contributed by atoms with Crippen molar-refractivity contribution in [3.05, 3.63) is 66.2 Å². The van der Waals surface area contributed by atoms with Crippen LogP contribution in [-0.4, -0.2) is 43.2 Å². The summed E-state index contributed by atoms with van der Waals surface area (Å²) in [5, 5.41) is 0. The van der Waals surface area contributed by atoms with Crippen molar-refractivity contribution >= 4 is 5.69 Å². The van der Waals surface area contributed by atoms with Crippen LogP contribution in [0.5, 0.6) is 0 Å². The maximum atomic E-state index is 6.64. The molecule has 1 aliphatic heterocycles. The van der Waals surface area contributed by atoms with Gasteiger partial charge in [0.2, 0.25) is 0 Å². The first-order valence-electron chi connectivity index (χ1n) is 8.61. The number of rotatable bonds is 4.